The van der Waals surface area contributed by atoms with Crippen molar-refractivity contribution in [2.24, 2.45) is 0 Å². The number of nitrogens with zero attached hydrogens (tertiary/aromatic N) is 1. The second-order valence-electron chi connectivity index (χ2n) is 4.14. The van der Waals surface area contributed by atoms with Gasteiger partial charge in [0.1, 0.15) is 0 Å². The molecule has 4 nitrogen and oxygen atoms in total. The van der Waals surface area contributed by atoms with Gasteiger partial charge in [0.05, 0.1) is 21.8 Å². The van der Waals surface area contributed by atoms with Crippen LogP contribution in [0.4, 0.5) is 0 Å². The van der Waals surface area contributed by atoms with Crippen LogP contribution < -0.4 is 0 Å². The first-order chi connectivity index (χ1) is 9.17. The second-order valence-corrected chi connectivity index (χ2v) is 6.61. The van der Waals surface area contributed by atoms with E-state index in [0.29, 0.717) is 19.8 Å². The maximum absolute atomic E-state index is 12.1. The summed E-state index contributed by atoms with van der Waals surface area (Å²) in [4.78, 5) is 15.0. The molecule has 0 N–H and O–H groups in total. The van der Waals surface area contributed by atoms with E-state index in [9.17, 15) is 4.79 Å². The highest BCUT2D eigenvalue weighted by atomic mass is 79.9. The van der Waals surface area contributed by atoms with Crippen LogP contribution in [0.3, 0.4) is 0 Å². The Morgan fingerprint density at radius 2 is 2.00 bits per heavy atom. The molecule has 6 heteroatoms. The third-order valence-electron chi connectivity index (χ3n) is 2.65. The molecule has 19 heavy (non-hydrogen) atoms. The lowest BCUT2D eigenvalue weighted by Gasteiger charge is -2.20. The molecule has 0 fully saturated rings. The molecular formula is C13H20BrNO3S. The molecule has 0 spiro atoms. The largest absolute Gasteiger partial charge is 0.385 e. The van der Waals surface area contributed by atoms with E-state index < -0.39 is 0 Å². The van der Waals surface area contributed by atoms with E-state index in [4.69, 9.17) is 9.47 Å². The minimum Gasteiger partial charge on any atom is -0.385 e. The van der Waals surface area contributed by atoms with Crippen molar-refractivity contribution in [1.82, 2.24) is 4.90 Å². The number of carbonyl (C=O) groups is 1. The SMILES string of the molecule is COCCCN(CCOC)CC(=O)c1ccc(Br)s1. The summed E-state index contributed by atoms with van der Waals surface area (Å²) in [5.41, 5.74) is 0. The fourth-order valence-electron chi connectivity index (χ4n) is 1.67. The number of methoxy groups -OCH3 is 2. The molecule has 0 saturated carbocycles. The van der Waals surface area contributed by atoms with Crippen molar-refractivity contribution >= 4 is 33.0 Å². The van der Waals surface area contributed by atoms with Gasteiger partial charge in [0.2, 0.25) is 0 Å². The molecule has 0 atom stereocenters. The van der Waals surface area contributed by atoms with Crippen LogP contribution >= 0.6 is 27.3 Å². The molecule has 1 rings (SSSR count). The molecule has 0 radical (unpaired) electrons. The number of Topliss-reactive ketones (excluding diaryl/α,β-unsaturated/α-hetero) is 1. The first-order valence-corrected chi connectivity index (χ1v) is 7.77. The van der Waals surface area contributed by atoms with Crippen molar-refractivity contribution in [1.29, 1.82) is 0 Å². The molecular weight excluding hydrogens is 330 g/mol. The summed E-state index contributed by atoms with van der Waals surface area (Å²) in [5, 5.41) is 0. The lowest BCUT2D eigenvalue weighted by Crippen LogP contribution is -2.34. The van der Waals surface area contributed by atoms with E-state index in [2.05, 4.69) is 20.8 Å². The third kappa shape index (κ3) is 6.63. The highest BCUT2D eigenvalue weighted by molar-refractivity contribution is 9.11. The molecule has 0 amide bonds. The number of thiophene rings is 1. The Bertz CT molecular complexity index is 384. The minimum atomic E-state index is 0.157. The van der Waals surface area contributed by atoms with Gasteiger partial charge in [0.15, 0.2) is 5.78 Å². The van der Waals surface area contributed by atoms with Crippen molar-refractivity contribution < 1.29 is 14.3 Å². The van der Waals surface area contributed by atoms with Gasteiger partial charge in [0.25, 0.3) is 0 Å². The van der Waals surface area contributed by atoms with Gasteiger partial charge in [-0.1, -0.05) is 0 Å². The van der Waals surface area contributed by atoms with Gasteiger partial charge < -0.3 is 9.47 Å². The maximum atomic E-state index is 12.1. The number of carbonyl (C=O) groups excluding carboxylic acids is 1. The van der Waals surface area contributed by atoms with Crippen LogP contribution in [0.5, 0.6) is 0 Å². The quantitative estimate of drug-likeness (QED) is 0.480. The molecule has 0 aromatic carbocycles. The smallest absolute Gasteiger partial charge is 0.186 e. The lowest BCUT2D eigenvalue weighted by atomic mass is 10.3. The van der Waals surface area contributed by atoms with E-state index >= 15 is 0 Å². The highest BCUT2D eigenvalue weighted by Gasteiger charge is 2.14. The van der Waals surface area contributed by atoms with Crippen molar-refractivity contribution in [2.45, 2.75) is 6.42 Å². The number of ether oxygens (including phenoxy) is 2. The van der Waals surface area contributed by atoms with E-state index in [0.717, 1.165) is 28.2 Å². The summed E-state index contributed by atoms with van der Waals surface area (Å²) in [7, 11) is 3.36. The Balaban J connectivity index is 2.47. The molecule has 0 unspecified atom stereocenters. The number of halogens is 1. The molecule has 0 aliphatic heterocycles. The van der Waals surface area contributed by atoms with E-state index in [1.165, 1.54) is 11.3 Å². The van der Waals surface area contributed by atoms with Crippen LogP contribution in [-0.4, -0.2) is 57.8 Å². The highest BCUT2D eigenvalue weighted by Crippen LogP contribution is 2.22. The molecule has 1 aromatic rings. The molecule has 0 saturated heterocycles. The van der Waals surface area contributed by atoms with Crippen LogP contribution in [0.15, 0.2) is 15.9 Å². The molecule has 0 aliphatic rings. The van der Waals surface area contributed by atoms with E-state index in [1.807, 2.05) is 12.1 Å². The van der Waals surface area contributed by atoms with Gasteiger partial charge in [-0.2, -0.15) is 0 Å². The van der Waals surface area contributed by atoms with E-state index in [-0.39, 0.29) is 5.78 Å². The fraction of sp³-hybridized carbons (Fsp3) is 0.615. The average Bonchev–Trinajstić information content (AvgIpc) is 2.82. The van der Waals surface area contributed by atoms with Crippen molar-refractivity contribution in [3.63, 3.8) is 0 Å². The Morgan fingerprint density at radius 1 is 1.26 bits per heavy atom. The van der Waals surface area contributed by atoms with Crippen molar-refractivity contribution in [2.75, 3.05) is 47.1 Å². The van der Waals surface area contributed by atoms with Crippen LogP contribution in [0.1, 0.15) is 16.1 Å². The Kier molecular flexibility index (Phi) is 8.48. The van der Waals surface area contributed by atoms with Gasteiger partial charge in [-0.25, -0.2) is 0 Å². The monoisotopic (exact) mass is 349 g/mol. The standard InChI is InChI=1S/C13H20BrNO3S/c1-17-8-3-6-15(7-9-18-2)10-11(16)12-4-5-13(14)19-12/h4-5H,3,6-10H2,1-2H3. The zero-order valence-corrected chi connectivity index (χ0v) is 13.8. The Hall–Kier alpha value is -0.270. The Labute approximate surface area is 126 Å². The molecule has 0 bridgehead atoms. The summed E-state index contributed by atoms with van der Waals surface area (Å²) in [6.45, 7) is 3.38. The van der Waals surface area contributed by atoms with Gasteiger partial charge in [-0.3, -0.25) is 9.69 Å². The van der Waals surface area contributed by atoms with Crippen molar-refractivity contribution in [3.05, 3.63) is 20.8 Å². The van der Waals surface area contributed by atoms with Crippen molar-refractivity contribution in [3.8, 4) is 0 Å². The number of hydrogen-bond acceptors (Lipinski definition) is 5. The predicted octanol–water partition coefficient (Wildman–Crippen LogP) is 2.68. The van der Waals surface area contributed by atoms with Gasteiger partial charge >= 0.3 is 0 Å². The first kappa shape index (κ1) is 16.8. The summed E-state index contributed by atoms with van der Waals surface area (Å²) in [6, 6.07) is 3.77. The van der Waals surface area contributed by atoms with Gasteiger partial charge in [0, 0.05) is 33.9 Å². The van der Waals surface area contributed by atoms with Crippen LogP contribution in [0.25, 0.3) is 0 Å². The predicted molar refractivity (Wildman–Crippen MR) is 81.2 cm³/mol. The molecule has 1 aromatic heterocycles. The number of rotatable bonds is 10. The number of hydrogen-bond donors (Lipinski definition) is 0. The average molecular weight is 350 g/mol. The first-order valence-electron chi connectivity index (χ1n) is 6.16. The molecule has 1 heterocycles. The van der Waals surface area contributed by atoms with Crippen LogP contribution in [0, 0.1) is 0 Å². The second kappa shape index (κ2) is 9.61. The van der Waals surface area contributed by atoms with Crippen LogP contribution in [-0.2, 0) is 9.47 Å². The summed E-state index contributed by atoms with van der Waals surface area (Å²) in [6.07, 6.45) is 0.918. The summed E-state index contributed by atoms with van der Waals surface area (Å²) >= 11 is 4.85. The fourth-order valence-corrected chi connectivity index (χ4v) is 2.98. The van der Waals surface area contributed by atoms with Crippen LogP contribution in [0.2, 0.25) is 0 Å². The zero-order chi connectivity index (χ0) is 14.1. The van der Waals surface area contributed by atoms with Gasteiger partial charge in [-0.15, -0.1) is 11.3 Å². The topological polar surface area (TPSA) is 38.8 Å². The normalized spacial score (nSPS) is 11.2. The van der Waals surface area contributed by atoms with E-state index in [1.54, 1.807) is 14.2 Å². The minimum absolute atomic E-state index is 0.157. The molecule has 108 valence electrons. The Morgan fingerprint density at radius 3 is 2.58 bits per heavy atom. The summed E-state index contributed by atoms with van der Waals surface area (Å²) in [5.74, 6) is 0.157. The maximum Gasteiger partial charge on any atom is 0.186 e. The third-order valence-corrected chi connectivity index (χ3v) is 4.31. The zero-order valence-electron chi connectivity index (χ0n) is 11.4. The van der Waals surface area contributed by atoms with Gasteiger partial charge in [-0.05, 0) is 34.5 Å². The summed E-state index contributed by atoms with van der Waals surface area (Å²) < 4.78 is 11.1. The molecule has 0 aliphatic carbocycles. The lowest BCUT2D eigenvalue weighted by molar-refractivity contribution is 0.0881. The number of ketones is 1.